The van der Waals surface area contributed by atoms with E-state index < -0.39 is 30.6 Å². The maximum Gasteiger partial charge on any atom is 0.405 e. The Kier molecular flexibility index (Phi) is 10.4. The fourth-order valence-corrected chi connectivity index (χ4v) is 5.07. The highest BCUT2D eigenvalue weighted by atomic mass is 32.1. The Morgan fingerprint density at radius 3 is 2.55 bits per heavy atom. The molecule has 4 heterocycles. The molecule has 0 aromatic carbocycles. The molecular weight excluding hydrogens is 533 g/mol. The van der Waals surface area contributed by atoms with Gasteiger partial charge in [-0.2, -0.15) is 13.2 Å². The summed E-state index contributed by atoms with van der Waals surface area (Å²) >= 11 is 0.936. The lowest BCUT2D eigenvalue weighted by Crippen LogP contribution is -2.38. The van der Waals surface area contributed by atoms with Crippen molar-refractivity contribution >= 4 is 29.5 Å². The number of nitrogens with zero attached hydrogens (tertiary/aromatic N) is 3. The molecule has 0 saturated carbocycles. The molecule has 0 radical (unpaired) electrons. The molecule has 14 heteroatoms. The van der Waals surface area contributed by atoms with Crippen LogP contribution < -0.4 is 10.6 Å². The minimum absolute atomic E-state index is 0.0303. The van der Waals surface area contributed by atoms with Crippen LogP contribution in [0.4, 0.5) is 27.8 Å². The first-order valence-electron chi connectivity index (χ1n) is 12.1. The zero-order chi connectivity index (χ0) is 27.9. The molecule has 2 N–H and O–H groups in total. The summed E-state index contributed by atoms with van der Waals surface area (Å²) in [5.41, 5.74) is -0.0997. The summed E-state index contributed by atoms with van der Waals surface area (Å²) < 4.78 is 69.5. The van der Waals surface area contributed by atoms with Gasteiger partial charge in [0.1, 0.15) is 12.4 Å². The summed E-state index contributed by atoms with van der Waals surface area (Å²) in [6.07, 6.45) is -1.73. The van der Waals surface area contributed by atoms with Gasteiger partial charge in [-0.25, -0.2) is 18.7 Å². The smallest absolute Gasteiger partial charge is 0.381 e. The van der Waals surface area contributed by atoms with Gasteiger partial charge in [-0.1, -0.05) is 0 Å². The Bertz CT molecular complexity index is 1090. The zero-order valence-corrected chi connectivity index (χ0v) is 21.8. The molecule has 8 nitrogen and oxygen atoms in total. The first-order valence-corrected chi connectivity index (χ1v) is 13.0. The minimum Gasteiger partial charge on any atom is -0.381 e. The molecule has 38 heavy (non-hydrogen) atoms. The van der Waals surface area contributed by atoms with Gasteiger partial charge in [-0.15, -0.1) is 11.3 Å². The molecule has 1 atom stereocenters. The predicted molar refractivity (Wildman–Crippen MR) is 132 cm³/mol. The van der Waals surface area contributed by atoms with Gasteiger partial charge in [-0.3, -0.25) is 9.59 Å². The quantitative estimate of drug-likeness (QED) is 0.365. The molecule has 2 aliphatic heterocycles. The average Bonchev–Trinajstić information content (AvgIpc) is 3.48. The summed E-state index contributed by atoms with van der Waals surface area (Å²) in [4.78, 5) is 32.8. The minimum atomic E-state index is -4.51. The van der Waals surface area contributed by atoms with Gasteiger partial charge < -0.3 is 20.3 Å². The molecule has 4 rings (SSSR count). The van der Waals surface area contributed by atoms with Crippen LogP contribution in [0.15, 0.2) is 12.3 Å². The van der Waals surface area contributed by atoms with Crippen LogP contribution in [-0.4, -0.2) is 71.7 Å². The number of hydrogen-bond donors (Lipinski definition) is 2. The Labute approximate surface area is 221 Å². The number of hydrogen-bond acceptors (Lipinski definition) is 7. The number of halogens is 5. The van der Waals surface area contributed by atoms with E-state index in [1.807, 2.05) is 10.2 Å². The molecule has 1 unspecified atom stereocenters. The second kappa shape index (κ2) is 13.3. The van der Waals surface area contributed by atoms with Crippen LogP contribution in [0.2, 0.25) is 0 Å². The molecule has 0 bridgehead atoms. The number of aromatic nitrogens is 2. The van der Waals surface area contributed by atoms with Crippen LogP contribution in [0.25, 0.3) is 10.4 Å². The number of amides is 2. The van der Waals surface area contributed by atoms with Crippen LogP contribution in [0.1, 0.15) is 60.1 Å². The number of aryl methyl sites for hydroxylation is 1. The van der Waals surface area contributed by atoms with Gasteiger partial charge >= 0.3 is 6.18 Å². The SMILES string of the molecule is CC1CCCN1C=O.Cc1nc(C(=O)NC2CCOCC2)sc1-c1cnc(NCC(F)(F)F)cc1C(F)F. The standard InChI is InChI=1S/C18H19F5N4O2S.C6H11NO/c1-9-14(30-17(26-9)16(28)27-10-2-4-29-5-3-10)12-7-24-13(6-11(12)15(19)20)25-8-18(21,22)23;1-6-3-2-4-7(6)5-8/h6-7,10,15H,2-5,8H2,1H3,(H,24,25)(H,27,28);5-6H,2-4H2,1H3. The number of nitrogens with one attached hydrogen (secondary N) is 2. The summed E-state index contributed by atoms with van der Waals surface area (Å²) in [5, 5.41) is 4.96. The van der Waals surface area contributed by atoms with Gasteiger partial charge in [0.15, 0.2) is 5.01 Å². The summed E-state index contributed by atoms with van der Waals surface area (Å²) in [6, 6.07) is 1.33. The van der Waals surface area contributed by atoms with E-state index in [2.05, 4.69) is 22.2 Å². The van der Waals surface area contributed by atoms with Gasteiger partial charge in [0.05, 0.1) is 10.6 Å². The highest BCUT2D eigenvalue weighted by Crippen LogP contribution is 2.37. The zero-order valence-electron chi connectivity index (χ0n) is 21.0. The normalized spacial score (nSPS) is 18.2. The van der Waals surface area contributed by atoms with Gasteiger partial charge in [0, 0.05) is 49.2 Å². The number of anilines is 1. The lowest BCUT2D eigenvalue weighted by Gasteiger charge is -2.22. The summed E-state index contributed by atoms with van der Waals surface area (Å²) in [5.74, 6) is -0.720. The number of ether oxygens (including phenoxy) is 1. The van der Waals surface area contributed by atoms with Crippen molar-refractivity contribution in [2.45, 2.75) is 64.2 Å². The fourth-order valence-electron chi connectivity index (χ4n) is 4.07. The van der Waals surface area contributed by atoms with E-state index in [0.717, 1.165) is 36.6 Å². The third-order valence-electron chi connectivity index (χ3n) is 6.17. The molecule has 210 valence electrons. The molecule has 2 fully saturated rings. The van der Waals surface area contributed by atoms with Crippen molar-refractivity contribution in [2.75, 3.05) is 31.6 Å². The Morgan fingerprint density at radius 1 is 1.29 bits per heavy atom. The van der Waals surface area contributed by atoms with Crippen molar-refractivity contribution in [1.29, 1.82) is 0 Å². The molecule has 0 spiro atoms. The second-order valence-electron chi connectivity index (χ2n) is 9.05. The molecule has 2 aromatic rings. The number of carbonyl (C=O) groups is 2. The van der Waals surface area contributed by atoms with Gasteiger partial charge in [0.25, 0.3) is 12.3 Å². The lowest BCUT2D eigenvalue weighted by atomic mass is 10.1. The van der Waals surface area contributed by atoms with Gasteiger partial charge in [0.2, 0.25) is 6.41 Å². The number of carbonyl (C=O) groups excluding carboxylic acids is 2. The molecule has 2 aliphatic rings. The fraction of sp³-hybridized carbons (Fsp3) is 0.583. The van der Waals surface area contributed by atoms with E-state index in [1.54, 1.807) is 6.92 Å². The predicted octanol–water partition coefficient (Wildman–Crippen LogP) is 4.96. The van der Waals surface area contributed by atoms with Gasteiger partial charge in [-0.05, 0) is 45.6 Å². The van der Waals surface area contributed by atoms with E-state index in [-0.39, 0.29) is 22.4 Å². The van der Waals surface area contributed by atoms with Crippen molar-refractivity contribution in [3.63, 3.8) is 0 Å². The lowest BCUT2D eigenvalue weighted by molar-refractivity contribution is -0.118. The summed E-state index contributed by atoms with van der Waals surface area (Å²) in [7, 11) is 0. The number of thiazole rings is 1. The van der Waals surface area contributed by atoms with Crippen LogP contribution >= 0.6 is 11.3 Å². The Hall–Kier alpha value is -2.87. The van der Waals surface area contributed by atoms with Crippen LogP contribution in [-0.2, 0) is 9.53 Å². The third kappa shape index (κ3) is 8.32. The molecular formula is C24H30F5N5O3S. The second-order valence-corrected chi connectivity index (χ2v) is 10.1. The third-order valence-corrected chi connectivity index (χ3v) is 7.36. The average molecular weight is 564 g/mol. The first-order chi connectivity index (χ1) is 18.0. The molecule has 2 saturated heterocycles. The van der Waals surface area contributed by atoms with E-state index >= 15 is 0 Å². The van der Waals surface area contributed by atoms with Crippen molar-refractivity contribution in [1.82, 2.24) is 20.2 Å². The Balaban J connectivity index is 0.000000427. The molecule has 2 amide bonds. The van der Waals surface area contributed by atoms with Crippen molar-refractivity contribution < 1.29 is 36.3 Å². The summed E-state index contributed by atoms with van der Waals surface area (Å²) in [6.45, 7) is 4.32. The van der Waals surface area contributed by atoms with Crippen molar-refractivity contribution in [2.24, 2.45) is 0 Å². The highest BCUT2D eigenvalue weighted by molar-refractivity contribution is 7.17. The molecule has 0 aliphatic carbocycles. The van der Waals surface area contributed by atoms with E-state index in [4.69, 9.17) is 4.74 Å². The maximum atomic E-state index is 13.6. The van der Waals surface area contributed by atoms with Crippen LogP contribution in [0, 0.1) is 6.92 Å². The van der Waals surface area contributed by atoms with E-state index in [9.17, 15) is 31.5 Å². The highest BCUT2D eigenvalue weighted by Gasteiger charge is 2.28. The number of likely N-dealkylation sites (tertiary alicyclic amines) is 1. The Morgan fingerprint density at radius 2 is 2.00 bits per heavy atom. The van der Waals surface area contributed by atoms with Crippen molar-refractivity contribution in [3.8, 4) is 10.4 Å². The monoisotopic (exact) mass is 563 g/mol. The maximum absolute atomic E-state index is 13.6. The molecule has 2 aromatic heterocycles. The van der Waals surface area contributed by atoms with Crippen molar-refractivity contribution in [3.05, 3.63) is 28.5 Å². The van der Waals surface area contributed by atoms with Crippen LogP contribution in [0.3, 0.4) is 0 Å². The van der Waals surface area contributed by atoms with E-state index in [0.29, 0.717) is 42.7 Å². The number of alkyl halides is 5. The number of rotatable bonds is 7. The first kappa shape index (κ1) is 29.7. The topological polar surface area (TPSA) is 96.5 Å². The van der Waals surface area contributed by atoms with Crippen LogP contribution in [0.5, 0.6) is 0 Å². The largest absolute Gasteiger partial charge is 0.405 e. The van der Waals surface area contributed by atoms with E-state index in [1.165, 1.54) is 12.8 Å². The number of pyridine rings is 1.